The zero-order valence-electron chi connectivity index (χ0n) is 36.9. The van der Waals surface area contributed by atoms with Crippen molar-refractivity contribution in [3.63, 3.8) is 0 Å². The standard InChI is InChI=1S/C42H74N10O9S/c1-26(2)24-33(50-37(55)30(17-9-12-21-44)47-36(54)29(46)16-8-11-20-43)40(58)49-32(19-23-62-4)38(56)51-34(25-28-14-6-5-7-15-28)41(59)48-31(18-10-13-22-45)39(57)52-35(27(3)53)42(60)61/h5-7,14-15,26-27,29-35,53H,8-13,16-25,43-46H2,1-4H3,(H,47,54)(H,48,59)(H,49,58)(H,50,55)(H,51,56)(H,52,57)(H,60,61)/t27-,29+,30+,31+,32+,33+,34+,35+/m1/s1. The summed E-state index contributed by atoms with van der Waals surface area (Å²) in [6.45, 7) is 6.10. The van der Waals surface area contributed by atoms with E-state index in [4.69, 9.17) is 22.9 Å². The van der Waals surface area contributed by atoms with Crippen molar-refractivity contribution in [2.45, 2.75) is 146 Å². The molecule has 0 aliphatic carbocycles. The molecule has 20 heteroatoms. The lowest BCUT2D eigenvalue weighted by molar-refractivity contribution is -0.145. The number of aliphatic hydroxyl groups excluding tert-OH is 1. The molecule has 62 heavy (non-hydrogen) atoms. The average Bonchev–Trinajstić information content (AvgIpc) is 3.22. The molecule has 0 fully saturated rings. The summed E-state index contributed by atoms with van der Waals surface area (Å²) in [5.74, 6) is -5.14. The number of aliphatic hydroxyl groups is 1. The fraction of sp³-hybridized carbons (Fsp3) is 0.690. The number of rotatable bonds is 33. The molecule has 0 bridgehead atoms. The van der Waals surface area contributed by atoms with E-state index < -0.39 is 89.8 Å². The second-order valence-corrected chi connectivity index (χ2v) is 16.9. The van der Waals surface area contributed by atoms with E-state index >= 15 is 0 Å². The van der Waals surface area contributed by atoms with Crippen LogP contribution >= 0.6 is 11.8 Å². The topological polar surface area (TPSA) is 336 Å². The Morgan fingerprint density at radius 3 is 1.47 bits per heavy atom. The molecule has 0 aliphatic heterocycles. The number of thioether (sulfide) groups is 1. The van der Waals surface area contributed by atoms with Crippen molar-refractivity contribution in [3.8, 4) is 0 Å². The van der Waals surface area contributed by atoms with Crippen LogP contribution in [0.2, 0.25) is 0 Å². The molecule has 1 aromatic rings. The molecule has 0 unspecified atom stereocenters. The highest BCUT2D eigenvalue weighted by atomic mass is 32.2. The number of carbonyl (C=O) groups excluding carboxylic acids is 6. The van der Waals surface area contributed by atoms with Gasteiger partial charge in [0, 0.05) is 6.42 Å². The van der Waals surface area contributed by atoms with Crippen molar-refractivity contribution in [1.82, 2.24) is 31.9 Å². The smallest absolute Gasteiger partial charge is 0.328 e. The monoisotopic (exact) mass is 895 g/mol. The normalized spacial score (nSPS) is 15.1. The number of carboxylic acid groups (broad SMARTS) is 1. The number of aliphatic carboxylic acids is 1. The van der Waals surface area contributed by atoms with Crippen molar-refractivity contribution >= 4 is 53.2 Å². The van der Waals surface area contributed by atoms with Gasteiger partial charge in [0.25, 0.3) is 0 Å². The van der Waals surface area contributed by atoms with Gasteiger partial charge >= 0.3 is 5.97 Å². The average molecular weight is 895 g/mol. The summed E-state index contributed by atoms with van der Waals surface area (Å²) < 4.78 is 0. The van der Waals surface area contributed by atoms with Gasteiger partial charge in [-0.25, -0.2) is 4.79 Å². The number of carboxylic acids is 1. The summed E-state index contributed by atoms with van der Waals surface area (Å²) in [5, 5.41) is 35.6. The van der Waals surface area contributed by atoms with Gasteiger partial charge in [0.2, 0.25) is 35.4 Å². The van der Waals surface area contributed by atoms with Crippen molar-refractivity contribution in [2.75, 3.05) is 31.6 Å². The molecule has 352 valence electrons. The van der Waals surface area contributed by atoms with E-state index in [1.165, 1.54) is 18.7 Å². The third-order valence-electron chi connectivity index (χ3n) is 10.0. The first-order chi connectivity index (χ1) is 29.5. The Balaban J connectivity index is 3.42. The maximum Gasteiger partial charge on any atom is 0.328 e. The fourth-order valence-corrected chi connectivity index (χ4v) is 6.91. The molecule has 16 N–H and O–H groups in total. The van der Waals surface area contributed by atoms with Gasteiger partial charge in [-0.3, -0.25) is 28.8 Å². The van der Waals surface area contributed by atoms with Gasteiger partial charge in [-0.05, 0) is 114 Å². The van der Waals surface area contributed by atoms with Gasteiger partial charge in [0.15, 0.2) is 6.04 Å². The summed E-state index contributed by atoms with van der Waals surface area (Å²) in [6.07, 6.45) is 4.82. The van der Waals surface area contributed by atoms with Crippen molar-refractivity contribution in [3.05, 3.63) is 35.9 Å². The summed E-state index contributed by atoms with van der Waals surface area (Å²) in [5.41, 5.74) is 23.7. The van der Waals surface area contributed by atoms with Crippen LogP contribution in [0.5, 0.6) is 0 Å². The third-order valence-corrected chi connectivity index (χ3v) is 10.7. The van der Waals surface area contributed by atoms with Crippen LogP contribution in [0, 0.1) is 5.92 Å². The fourth-order valence-electron chi connectivity index (χ4n) is 6.44. The molecular formula is C42H74N10O9S. The van der Waals surface area contributed by atoms with E-state index in [1.807, 2.05) is 20.1 Å². The zero-order valence-corrected chi connectivity index (χ0v) is 37.7. The van der Waals surface area contributed by atoms with Crippen LogP contribution in [0.4, 0.5) is 0 Å². The molecule has 1 rings (SSSR count). The lowest BCUT2D eigenvalue weighted by Gasteiger charge is -2.28. The van der Waals surface area contributed by atoms with Crippen LogP contribution in [-0.2, 0) is 40.0 Å². The minimum absolute atomic E-state index is 0.00978. The number of amides is 6. The van der Waals surface area contributed by atoms with Crippen LogP contribution < -0.4 is 54.8 Å². The number of hydrogen-bond acceptors (Lipinski definition) is 13. The summed E-state index contributed by atoms with van der Waals surface area (Å²) in [7, 11) is 0. The number of unbranched alkanes of at least 4 members (excludes halogenated alkanes) is 3. The summed E-state index contributed by atoms with van der Waals surface area (Å²) in [4.78, 5) is 94.2. The zero-order chi connectivity index (χ0) is 46.6. The highest BCUT2D eigenvalue weighted by Crippen LogP contribution is 2.12. The van der Waals surface area contributed by atoms with Crippen molar-refractivity contribution in [2.24, 2.45) is 28.9 Å². The van der Waals surface area contributed by atoms with E-state index in [0.29, 0.717) is 75.9 Å². The maximum absolute atomic E-state index is 14.2. The number of hydrogen-bond donors (Lipinski definition) is 12. The Morgan fingerprint density at radius 1 is 0.581 bits per heavy atom. The Kier molecular flexibility index (Phi) is 28.3. The second kappa shape index (κ2) is 31.5. The van der Waals surface area contributed by atoms with Gasteiger partial charge in [-0.1, -0.05) is 50.6 Å². The van der Waals surface area contributed by atoms with Crippen molar-refractivity contribution < 1.29 is 43.8 Å². The molecule has 0 saturated carbocycles. The first-order valence-corrected chi connectivity index (χ1v) is 23.0. The molecule has 0 spiro atoms. The van der Waals surface area contributed by atoms with Crippen LogP contribution in [0.3, 0.4) is 0 Å². The maximum atomic E-state index is 14.2. The minimum Gasteiger partial charge on any atom is -0.480 e. The Hall–Kier alpha value is -4.34. The third kappa shape index (κ3) is 22.1. The Labute approximate surface area is 370 Å². The SMILES string of the molecule is CSCC[C@H](NC(=O)[C@H](CC(C)C)NC(=O)[C@H](CCCCN)NC(=O)[C@@H](N)CCCCN)C(=O)N[C@@H](Cc1ccccc1)C(=O)N[C@@H](CCCCN)C(=O)N[C@H](C(=O)O)[C@@H](C)O. The number of benzene rings is 1. The molecule has 8 atom stereocenters. The number of carbonyl (C=O) groups is 7. The van der Waals surface area contributed by atoms with E-state index in [0.717, 1.165) is 0 Å². The molecule has 0 aliphatic rings. The van der Waals surface area contributed by atoms with Crippen LogP contribution in [0.1, 0.15) is 97.0 Å². The molecule has 0 saturated heterocycles. The van der Waals surface area contributed by atoms with Gasteiger partial charge in [-0.15, -0.1) is 0 Å². The van der Waals surface area contributed by atoms with Gasteiger partial charge in [-0.2, -0.15) is 11.8 Å². The largest absolute Gasteiger partial charge is 0.480 e. The second-order valence-electron chi connectivity index (χ2n) is 15.9. The lowest BCUT2D eigenvalue weighted by atomic mass is 10.0. The van der Waals surface area contributed by atoms with Crippen LogP contribution in [0.15, 0.2) is 30.3 Å². The highest BCUT2D eigenvalue weighted by molar-refractivity contribution is 7.98. The first-order valence-electron chi connectivity index (χ1n) is 21.6. The highest BCUT2D eigenvalue weighted by Gasteiger charge is 2.34. The predicted molar refractivity (Wildman–Crippen MR) is 240 cm³/mol. The Bertz CT molecular complexity index is 1520. The van der Waals surface area contributed by atoms with Gasteiger partial charge in [0.05, 0.1) is 12.1 Å². The van der Waals surface area contributed by atoms with Gasteiger partial charge < -0.3 is 65.0 Å². The van der Waals surface area contributed by atoms with E-state index in [9.17, 15) is 43.8 Å². The molecular weight excluding hydrogens is 821 g/mol. The predicted octanol–water partition coefficient (Wildman–Crippen LogP) is -0.883. The van der Waals surface area contributed by atoms with E-state index in [1.54, 1.807) is 30.3 Å². The van der Waals surface area contributed by atoms with Crippen LogP contribution in [-0.4, -0.2) is 132 Å². The number of nitrogens with one attached hydrogen (secondary N) is 6. The molecule has 0 heterocycles. The van der Waals surface area contributed by atoms with E-state index in [2.05, 4.69) is 31.9 Å². The van der Waals surface area contributed by atoms with E-state index in [-0.39, 0.29) is 38.0 Å². The first kappa shape index (κ1) is 55.7. The Morgan fingerprint density at radius 2 is 1.00 bits per heavy atom. The summed E-state index contributed by atoms with van der Waals surface area (Å²) >= 11 is 1.43. The minimum atomic E-state index is -1.64. The molecule has 0 aromatic heterocycles. The quantitative estimate of drug-likeness (QED) is 0.0382. The number of nitrogens with two attached hydrogens (primary N) is 4. The molecule has 19 nitrogen and oxygen atoms in total. The summed E-state index contributed by atoms with van der Waals surface area (Å²) in [6, 6.07) is 0.532. The lowest BCUT2D eigenvalue weighted by Crippen LogP contribution is -2.60. The molecule has 1 aromatic carbocycles. The van der Waals surface area contributed by atoms with Crippen molar-refractivity contribution in [1.29, 1.82) is 0 Å². The molecule has 6 amide bonds. The molecule has 0 radical (unpaired) electrons. The van der Waals surface area contributed by atoms with Crippen LogP contribution in [0.25, 0.3) is 0 Å². The van der Waals surface area contributed by atoms with Gasteiger partial charge in [0.1, 0.15) is 30.2 Å².